The Hall–Kier alpha value is -0.945. The Kier molecular flexibility index (Phi) is 5.15. The van der Waals surface area contributed by atoms with Crippen molar-refractivity contribution in [2.24, 2.45) is 0 Å². The molecule has 20 heavy (non-hydrogen) atoms. The number of rotatable bonds is 4. The lowest BCUT2D eigenvalue weighted by atomic mass is 9.77. The highest BCUT2D eigenvalue weighted by atomic mass is 19.1. The lowest BCUT2D eigenvalue weighted by Gasteiger charge is -2.32. The third kappa shape index (κ3) is 4.02. The van der Waals surface area contributed by atoms with E-state index >= 15 is 0 Å². The van der Waals surface area contributed by atoms with E-state index in [9.17, 15) is 14.4 Å². The van der Waals surface area contributed by atoms with E-state index in [1.807, 2.05) is 13.8 Å². The summed E-state index contributed by atoms with van der Waals surface area (Å²) in [7, 11) is -1.70. The van der Waals surface area contributed by atoms with Crippen LogP contribution in [0.1, 0.15) is 32.3 Å². The Morgan fingerprint density at radius 1 is 1.30 bits per heavy atom. The van der Waals surface area contributed by atoms with Gasteiger partial charge < -0.3 is 19.5 Å². The van der Waals surface area contributed by atoms with Crippen LogP contribution in [-0.4, -0.2) is 35.5 Å². The van der Waals surface area contributed by atoms with Crippen LogP contribution in [0.4, 0.5) is 4.39 Å². The highest BCUT2D eigenvalue weighted by Crippen LogP contribution is 2.22. The van der Waals surface area contributed by atoms with Gasteiger partial charge in [-0.05, 0) is 49.8 Å². The maximum absolute atomic E-state index is 13.1. The second kappa shape index (κ2) is 6.67. The molecule has 1 fully saturated rings. The first kappa shape index (κ1) is 15.4. The molecule has 2 unspecified atom stereocenters. The molecule has 0 radical (unpaired) electrons. The van der Waals surface area contributed by atoms with Crippen LogP contribution in [-0.2, 0) is 16.1 Å². The van der Waals surface area contributed by atoms with E-state index in [1.165, 1.54) is 12.1 Å². The number of halogens is 1. The molecule has 1 aromatic carbocycles. The molecule has 110 valence electrons. The summed E-state index contributed by atoms with van der Waals surface area (Å²) < 4.78 is 24.6. The second-order valence-electron chi connectivity index (χ2n) is 5.38. The van der Waals surface area contributed by atoms with Crippen LogP contribution in [0.5, 0.6) is 0 Å². The van der Waals surface area contributed by atoms with Crippen LogP contribution < -0.4 is 5.46 Å². The fourth-order valence-corrected chi connectivity index (χ4v) is 2.63. The zero-order valence-electron chi connectivity index (χ0n) is 11.8. The van der Waals surface area contributed by atoms with Crippen LogP contribution in [0, 0.1) is 5.82 Å². The van der Waals surface area contributed by atoms with E-state index in [1.54, 1.807) is 0 Å². The van der Waals surface area contributed by atoms with Gasteiger partial charge in [0.25, 0.3) is 0 Å². The maximum Gasteiger partial charge on any atom is 0.488 e. The molecule has 2 N–H and O–H groups in total. The number of hydrogen-bond donors (Lipinski definition) is 2. The van der Waals surface area contributed by atoms with Crippen molar-refractivity contribution < 1.29 is 23.9 Å². The highest BCUT2D eigenvalue weighted by molar-refractivity contribution is 6.59. The van der Waals surface area contributed by atoms with Gasteiger partial charge in [-0.2, -0.15) is 0 Å². The molecule has 1 saturated heterocycles. The molecule has 1 aliphatic heterocycles. The van der Waals surface area contributed by atoms with Crippen LogP contribution in [0.3, 0.4) is 0 Å². The zero-order valence-corrected chi connectivity index (χ0v) is 11.8. The Morgan fingerprint density at radius 2 is 1.95 bits per heavy atom. The largest absolute Gasteiger partial charge is 0.488 e. The molecule has 2 rings (SSSR count). The van der Waals surface area contributed by atoms with Crippen LogP contribution in [0.15, 0.2) is 18.2 Å². The van der Waals surface area contributed by atoms with E-state index < -0.39 is 12.9 Å². The molecule has 1 heterocycles. The minimum absolute atomic E-state index is 0.0717. The van der Waals surface area contributed by atoms with Gasteiger partial charge in [-0.15, -0.1) is 0 Å². The molecule has 4 nitrogen and oxygen atoms in total. The van der Waals surface area contributed by atoms with Gasteiger partial charge in [0.2, 0.25) is 0 Å². The molecule has 0 amide bonds. The van der Waals surface area contributed by atoms with Gasteiger partial charge in [-0.3, -0.25) is 0 Å². The van der Waals surface area contributed by atoms with Crippen molar-refractivity contribution in [3.05, 3.63) is 29.6 Å². The zero-order chi connectivity index (χ0) is 14.7. The van der Waals surface area contributed by atoms with Crippen molar-refractivity contribution in [3.63, 3.8) is 0 Å². The third-order valence-corrected chi connectivity index (χ3v) is 3.51. The minimum atomic E-state index is -1.70. The molecular weight excluding hydrogens is 262 g/mol. The second-order valence-corrected chi connectivity index (χ2v) is 5.38. The van der Waals surface area contributed by atoms with Crippen LogP contribution in [0.2, 0.25) is 0 Å². The average Bonchev–Trinajstić information content (AvgIpc) is 2.36. The molecule has 0 spiro atoms. The topological polar surface area (TPSA) is 58.9 Å². The van der Waals surface area contributed by atoms with E-state index in [0.717, 1.165) is 18.9 Å². The highest BCUT2D eigenvalue weighted by Gasteiger charge is 2.25. The molecule has 0 aromatic heterocycles. The Morgan fingerprint density at radius 3 is 2.55 bits per heavy atom. The fourth-order valence-electron chi connectivity index (χ4n) is 2.63. The molecule has 0 saturated carbocycles. The van der Waals surface area contributed by atoms with Crippen LogP contribution in [0.25, 0.3) is 0 Å². The summed E-state index contributed by atoms with van der Waals surface area (Å²) in [6.45, 7) is 4.25. The number of hydrogen-bond acceptors (Lipinski definition) is 4. The maximum atomic E-state index is 13.1. The van der Waals surface area contributed by atoms with E-state index in [0.29, 0.717) is 5.56 Å². The number of ether oxygens (including phenoxy) is 2. The van der Waals surface area contributed by atoms with Gasteiger partial charge in [-0.1, -0.05) is 6.07 Å². The van der Waals surface area contributed by atoms with Gasteiger partial charge in [0, 0.05) is 0 Å². The summed E-state index contributed by atoms with van der Waals surface area (Å²) in [5, 5.41) is 18.5. The van der Waals surface area contributed by atoms with E-state index in [4.69, 9.17) is 9.47 Å². The fraction of sp³-hybridized carbons (Fsp3) is 0.571. The lowest BCUT2D eigenvalue weighted by Crippen LogP contribution is -2.36. The molecule has 1 aliphatic rings. The summed E-state index contributed by atoms with van der Waals surface area (Å²) in [5.41, 5.74) is 0.742. The Bertz CT molecular complexity index is 445. The predicted octanol–water partition coefficient (Wildman–Crippen LogP) is 0.978. The van der Waals surface area contributed by atoms with Gasteiger partial charge >= 0.3 is 7.12 Å². The van der Waals surface area contributed by atoms with Crippen molar-refractivity contribution in [2.75, 3.05) is 0 Å². The first-order chi connectivity index (χ1) is 9.45. The normalized spacial score (nSPS) is 26.6. The Balaban J connectivity index is 2.00. The van der Waals surface area contributed by atoms with Crippen molar-refractivity contribution in [1.82, 2.24) is 0 Å². The summed E-state index contributed by atoms with van der Waals surface area (Å²) in [6.07, 6.45) is 1.99. The molecule has 6 heteroatoms. The molecule has 0 aliphatic carbocycles. The predicted molar refractivity (Wildman–Crippen MR) is 74.0 cm³/mol. The van der Waals surface area contributed by atoms with Gasteiger partial charge in [0.05, 0.1) is 24.9 Å². The van der Waals surface area contributed by atoms with Crippen LogP contribution >= 0.6 is 0 Å². The molecule has 1 aromatic rings. The summed E-state index contributed by atoms with van der Waals surface area (Å²) in [4.78, 5) is 0. The molecule has 2 atom stereocenters. The molecular formula is C14H20BFO4. The SMILES string of the molecule is CC1CC(OCc2ccc(F)cc2B(O)O)CC(C)O1. The van der Waals surface area contributed by atoms with Gasteiger partial charge in [-0.25, -0.2) is 4.39 Å². The van der Waals surface area contributed by atoms with Gasteiger partial charge in [0.1, 0.15) is 5.82 Å². The van der Waals surface area contributed by atoms with Crippen molar-refractivity contribution in [1.29, 1.82) is 0 Å². The monoisotopic (exact) mass is 282 g/mol. The summed E-state index contributed by atoms with van der Waals surface area (Å²) in [6, 6.07) is 3.94. The van der Waals surface area contributed by atoms with Gasteiger partial charge in [0.15, 0.2) is 0 Å². The quantitative estimate of drug-likeness (QED) is 0.808. The smallest absolute Gasteiger partial charge is 0.423 e. The first-order valence-electron chi connectivity index (χ1n) is 6.87. The van der Waals surface area contributed by atoms with Crippen molar-refractivity contribution >= 4 is 12.6 Å². The first-order valence-corrected chi connectivity index (χ1v) is 6.87. The lowest BCUT2D eigenvalue weighted by molar-refractivity contribution is -0.106. The standard InChI is InChI=1S/C14H20BFO4/c1-9-5-13(6-10(2)20-9)19-8-11-3-4-12(16)7-14(11)15(17)18/h3-4,7,9-10,13,17-18H,5-6,8H2,1-2H3. The summed E-state index contributed by atoms with van der Waals surface area (Å²) in [5.74, 6) is -0.495. The Labute approximate surface area is 118 Å². The van der Waals surface area contributed by atoms with E-state index in [-0.39, 0.29) is 30.4 Å². The minimum Gasteiger partial charge on any atom is -0.423 e. The van der Waals surface area contributed by atoms with Crippen molar-refractivity contribution in [3.8, 4) is 0 Å². The third-order valence-electron chi connectivity index (χ3n) is 3.51. The number of benzene rings is 1. The summed E-state index contributed by atoms with van der Waals surface area (Å²) >= 11 is 0. The average molecular weight is 282 g/mol. The van der Waals surface area contributed by atoms with Crippen molar-refractivity contribution in [2.45, 2.75) is 51.6 Å². The molecule has 0 bridgehead atoms. The van der Waals surface area contributed by atoms with E-state index in [2.05, 4.69) is 0 Å².